The molecule has 4 nitrogen and oxygen atoms in total. The standard InChI is InChI=1S/C15H21NO3/c1-2-6-14(17)16(12-10-15(18)19)11-9-13-7-4-3-5-8-13/h3-5,7-8H,2,6,9-12H2,1H3,(H,18,19). The number of carbonyl (C=O) groups is 2. The monoisotopic (exact) mass is 263 g/mol. The van der Waals surface area contributed by atoms with Crippen LogP contribution >= 0.6 is 0 Å². The van der Waals surface area contributed by atoms with E-state index in [1.165, 1.54) is 0 Å². The first kappa shape index (κ1) is 15.2. The second-order valence-corrected chi connectivity index (χ2v) is 4.51. The van der Waals surface area contributed by atoms with Gasteiger partial charge in [0.05, 0.1) is 6.42 Å². The highest BCUT2D eigenvalue weighted by Crippen LogP contribution is 2.05. The van der Waals surface area contributed by atoms with Crippen molar-refractivity contribution in [2.24, 2.45) is 0 Å². The maximum Gasteiger partial charge on any atom is 0.305 e. The summed E-state index contributed by atoms with van der Waals surface area (Å²) in [4.78, 5) is 24.2. The molecule has 104 valence electrons. The zero-order valence-electron chi connectivity index (χ0n) is 11.3. The molecule has 1 amide bonds. The highest BCUT2D eigenvalue weighted by Gasteiger charge is 2.13. The molecule has 0 saturated heterocycles. The summed E-state index contributed by atoms with van der Waals surface area (Å²) < 4.78 is 0. The van der Waals surface area contributed by atoms with Crippen LogP contribution in [-0.4, -0.2) is 35.0 Å². The highest BCUT2D eigenvalue weighted by molar-refractivity contribution is 5.77. The number of hydrogen-bond donors (Lipinski definition) is 1. The fourth-order valence-corrected chi connectivity index (χ4v) is 1.87. The van der Waals surface area contributed by atoms with Gasteiger partial charge in [0.1, 0.15) is 0 Å². The van der Waals surface area contributed by atoms with Crippen LogP contribution in [0, 0.1) is 0 Å². The van der Waals surface area contributed by atoms with Crippen LogP contribution in [0.5, 0.6) is 0 Å². The van der Waals surface area contributed by atoms with Crippen molar-refractivity contribution in [2.75, 3.05) is 13.1 Å². The summed E-state index contributed by atoms with van der Waals surface area (Å²) in [5.74, 6) is -0.825. The fraction of sp³-hybridized carbons (Fsp3) is 0.467. The van der Waals surface area contributed by atoms with Gasteiger partial charge in [-0.3, -0.25) is 9.59 Å². The molecule has 0 unspecified atom stereocenters. The molecule has 1 aromatic rings. The van der Waals surface area contributed by atoms with E-state index < -0.39 is 5.97 Å². The van der Waals surface area contributed by atoms with Crippen LogP contribution < -0.4 is 0 Å². The first-order valence-electron chi connectivity index (χ1n) is 6.67. The topological polar surface area (TPSA) is 57.6 Å². The molecule has 1 rings (SSSR count). The number of carbonyl (C=O) groups excluding carboxylic acids is 1. The van der Waals surface area contributed by atoms with Crippen LogP contribution in [0.15, 0.2) is 30.3 Å². The largest absolute Gasteiger partial charge is 0.481 e. The van der Waals surface area contributed by atoms with E-state index in [-0.39, 0.29) is 12.3 Å². The second-order valence-electron chi connectivity index (χ2n) is 4.51. The van der Waals surface area contributed by atoms with Gasteiger partial charge in [-0.05, 0) is 18.4 Å². The van der Waals surface area contributed by atoms with E-state index in [0.29, 0.717) is 19.5 Å². The Morgan fingerprint density at radius 2 is 1.79 bits per heavy atom. The molecule has 0 heterocycles. The van der Waals surface area contributed by atoms with Gasteiger partial charge in [-0.25, -0.2) is 0 Å². The van der Waals surface area contributed by atoms with Gasteiger partial charge < -0.3 is 10.0 Å². The third-order valence-corrected chi connectivity index (χ3v) is 2.93. The number of rotatable bonds is 8. The van der Waals surface area contributed by atoms with E-state index in [2.05, 4.69) is 0 Å². The number of benzene rings is 1. The third-order valence-electron chi connectivity index (χ3n) is 2.93. The van der Waals surface area contributed by atoms with Crippen molar-refractivity contribution in [1.82, 2.24) is 4.90 Å². The van der Waals surface area contributed by atoms with Gasteiger partial charge >= 0.3 is 5.97 Å². The Labute approximate surface area is 114 Å². The summed E-state index contributed by atoms with van der Waals surface area (Å²) >= 11 is 0. The Morgan fingerprint density at radius 3 is 2.37 bits per heavy atom. The van der Waals surface area contributed by atoms with Crippen LogP contribution in [-0.2, 0) is 16.0 Å². The van der Waals surface area contributed by atoms with Crippen LogP contribution in [0.1, 0.15) is 31.7 Å². The molecule has 0 atom stereocenters. The quantitative estimate of drug-likeness (QED) is 0.783. The zero-order chi connectivity index (χ0) is 14.1. The Bertz CT molecular complexity index is 403. The van der Waals surface area contributed by atoms with Gasteiger partial charge in [0, 0.05) is 19.5 Å². The molecule has 0 radical (unpaired) electrons. The smallest absolute Gasteiger partial charge is 0.305 e. The van der Waals surface area contributed by atoms with Crippen molar-refractivity contribution in [3.8, 4) is 0 Å². The Kier molecular flexibility index (Phi) is 6.64. The number of aliphatic carboxylic acids is 1. The zero-order valence-corrected chi connectivity index (χ0v) is 11.3. The molecule has 0 spiro atoms. The number of carboxylic acids is 1. The summed E-state index contributed by atoms with van der Waals surface area (Å²) in [6.07, 6.45) is 2.03. The maximum absolute atomic E-state index is 11.9. The van der Waals surface area contributed by atoms with Crippen LogP contribution in [0.3, 0.4) is 0 Å². The average Bonchev–Trinajstić information content (AvgIpc) is 2.40. The fourth-order valence-electron chi connectivity index (χ4n) is 1.87. The lowest BCUT2D eigenvalue weighted by Gasteiger charge is -2.22. The molecular formula is C15H21NO3. The predicted molar refractivity (Wildman–Crippen MR) is 73.9 cm³/mol. The predicted octanol–water partition coefficient (Wildman–Crippen LogP) is 2.33. The van der Waals surface area contributed by atoms with Crippen molar-refractivity contribution >= 4 is 11.9 Å². The molecule has 0 aliphatic carbocycles. The molecule has 0 aliphatic heterocycles. The molecule has 19 heavy (non-hydrogen) atoms. The second kappa shape index (κ2) is 8.29. The minimum Gasteiger partial charge on any atom is -0.481 e. The molecule has 0 bridgehead atoms. The number of amides is 1. The minimum atomic E-state index is -0.867. The van der Waals surface area contributed by atoms with Crippen molar-refractivity contribution in [3.05, 3.63) is 35.9 Å². The molecule has 0 aromatic heterocycles. The Morgan fingerprint density at radius 1 is 1.11 bits per heavy atom. The van der Waals surface area contributed by atoms with E-state index >= 15 is 0 Å². The van der Waals surface area contributed by atoms with Crippen molar-refractivity contribution < 1.29 is 14.7 Å². The van der Waals surface area contributed by atoms with Gasteiger partial charge in [-0.2, -0.15) is 0 Å². The molecule has 0 aliphatic rings. The van der Waals surface area contributed by atoms with Crippen LogP contribution in [0.2, 0.25) is 0 Å². The summed E-state index contributed by atoms with van der Waals surface area (Å²) in [5.41, 5.74) is 1.16. The molecule has 1 N–H and O–H groups in total. The van der Waals surface area contributed by atoms with Gasteiger partial charge in [-0.15, -0.1) is 0 Å². The summed E-state index contributed by atoms with van der Waals surface area (Å²) in [6.45, 7) is 2.82. The van der Waals surface area contributed by atoms with Crippen molar-refractivity contribution in [3.63, 3.8) is 0 Å². The molecule has 0 saturated carbocycles. The summed E-state index contributed by atoms with van der Waals surface area (Å²) in [6, 6.07) is 9.91. The first-order chi connectivity index (χ1) is 9.13. The first-order valence-corrected chi connectivity index (χ1v) is 6.67. The highest BCUT2D eigenvalue weighted by atomic mass is 16.4. The molecule has 1 aromatic carbocycles. The number of carboxylic acid groups (broad SMARTS) is 1. The van der Waals surface area contributed by atoms with E-state index in [1.54, 1.807) is 4.90 Å². The third kappa shape index (κ3) is 6.04. The van der Waals surface area contributed by atoms with E-state index in [4.69, 9.17) is 5.11 Å². The average molecular weight is 263 g/mol. The minimum absolute atomic E-state index is 0.00421. The van der Waals surface area contributed by atoms with Gasteiger partial charge in [0.2, 0.25) is 5.91 Å². The SMILES string of the molecule is CCCC(=O)N(CCC(=O)O)CCc1ccccc1. The Balaban J connectivity index is 2.52. The maximum atomic E-state index is 11.9. The lowest BCUT2D eigenvalue weighted by Crippen LogP contribution is -2.34. The Hall–Kier alpha value is -1.84. The van der Waals surface area contributed by atoms with Gasteiger partial charge in [-0.1, -0.05) is 37.3 Å². The van der Waals surface area contributed by atoms with E-state index in [9.17, 15) is 9.59 Å². The lowest BCUT2D eigenvalue weighted by atomic mass is 10.1. The summed E-state index contributed by atoms with van der Waals surface area (Å²) in [5, 5.41) is 8.72. The van der Waals surface area contributed by atoms with Crippen molar-refractivity contribution in [1.29, 1.82) is 0 Å². The van der Waals surface area contributed by atoms with E-state index in [0.717, 1.165) is 18.4 Å². The lowest BCUT2D eigenvalue weighted by molar-refractivity contribution is -0.138. The van der Waals surface area contributed by atoms with E-state index in [1.807, 2.05) is 37.3 Å². The van der Waals surface area contributed by atoms with Gasteiger partial charge in [0.15, 0.2) is 0 Å². The molecule has 4 heteroatoms. The molecular weight excluding hydrogens is 242 g/mol. The normalized spacial score (nSPS) is 10.2. The molecule has 0 fully saturated rings. The van der Waals surface area contributed by atoms with Crippen LogP contribution in [0.4, 0.5) is 0 Å². The number of hydrogen-bond acceptors (Lipinski definition) is 2. The number of nitrogens with zero attached hydrogens (tertiary/aromatic N) is 1. The van der Waals surface area contributed by atoms with Crippen LogP contribution in [0.25, 0.3) is 0 Å². The van der Waals surface area contributed by atoms with Crippen molar-refractivity contribution in [2.45, 2.75) is 32.6 Å². The summed E-state index contributed by atoms with van der Waals surface area (Å²) in [7, 11) is 0. The van der Waals surface area contributed by atoms with Gasteiger partial charge in [0.25, 0.3) is 0 Å².